The van der Waals surface area contributed by atoms with Crippen LogP contribution in [0.25, 0.3) is 0 Å². The zero-order valence-corrected chi connectivity index (χ0v) is 14.1. The molecule has 2 aromatic rings. The Morgan fingerprint density at radius 2 is 1.96 bits per heavy atom. The second kappa shape index (κ2) is 7.90. The van der Waals surface area contributed by atoms with E-state index in [1.165, 1.54) is 12.8 Å². The summed E-state index contributed by atoms with van der Waals surface area (Å²) in [5, 5.41) is 3.02. The van der Waals surface area contributed by atoms with E-state index in [-0.39, 0.29) is 11.8 Å². The smallest absolute Gasteiger partial charge is 0.227 e. The van der Waals surface area contributed by atoms with Crippen molar-refractivity contribution >= 4 is 11.9 Å². The lowest BCUT2D eigenvalue weighted by atomic mass is 9.96. The van der Waals surface area contributed by atoms with Crippen molar-refractivity contribution in [1.82, 2.24) is 15.3 Å². The van der Waals surface area contributed by atoms with E-state index in [2.05, 4.69) is 20.2 Å². The standard InChI is InChI=1S/C19H24N4O/c1-2-17(15-8-4-3-5-9-15)18(24)21-14-16-10-11-20-19(22-16)23-12-6-7-13-23/h3-5,8-11,17H,2,6-7,12-14H2,1H3,(H,21,24)/t17-/m1/s1. The molecule has 0 radical (unpaired) electrons. The molecule has 1 amide bonds. The summed E-state index contributed by atoms with van der Waals surface area (Å²) in [6.45, 7) is 4.50. The number of anilines is 1. The van der Waals surface area contributed by atoms with Crippen molar-refractivity contribution in [3.63, 3.8) is 0 Å². The van der Waals surface area contributed by atoms with Gasteiger partial charge >= 0.3 is 0 Å². The van der Waals surface area contributed by atoms with Gasteiger partial charge in [0.1, 0.15) is 0 Å². The van der Waals surface area contributed by atoms with Crippen molar-refractivity contribution in [2.45, 2.75) is 38.6 Å². The lowest BCUT2D eigenvalue weighted by Crippen LogP contribution is -2.29. The highest BCUT2D eigenvalue weighted by Gasteiger charge is 2.19. The number of carbonyl (C=O) groups is 1. The van der Waals surface area contributed by atoms with Gasteiger partial charge in [-0.15, -0.1) is 0 Å². The Balaban J connectivity index is 1.62. The molecule has 3 rings (SSSR count). The normalized spacial score (nSPS) is 15.3. The summed E-state index contributed by atoms with van der Waals surface area (Å²) in [6, 6.07) is 11.8. The molecule has 1 atom stereocenters. The quantitative estimate of drug-likeness (QED) is 0.887. The summed E-state index contributed by atoms with van der Waals surface area (Å²) in [5.41, 5.74) is 1.90. The first-order valence-electron chi connectivity index (χ1n) is 8.67. The molecular weight excluding hydrogens is 300 g/mol. The number of carbonyl (C=O) groups excluding carboxylic acids is 1. The molecule has 24 heavy (non-hydrogen) atoms. The number of hydrogen-bond acceptors (Lipinski definition) is 4. The minimum absolute atomic E-state index is 0.0463. The van der Waals surface area contributed by atoms with E-state index >= 15 is 0 Å². The Morgan fingerprint density at radius 1 is 1.21 bits per heavy atom. The first kappa shape index (κ1) is 16.4. The molecule has 1 N–H and O–H groups in total. The van der Waals surface area contributed by atoms with Crippen LogP contribution in [0, 0.1) is 0 Å². The fourth-order valence-electron chi connectivity index (χ4n) is 3.11. The first-order chi connectivity index (χ1) is 11.8. The molecule has 0 aliphatic carbocycles. The highest BCUT2D eigenvalue weighted by molar-refractivity contribution is 5.83. The van der Waals surface area contributed by atoms with E-state index in [0.717, 1.165) is 36.7 Å². The summed E-state index contributed by atoms with van der Waals surface area (Å²) in [7, 11) is 0. The zero-order chi connectivity index (χ0) is 16.8. The number of nitrogens with one attached hydrogen (secondary N) is 1. The molecule has 1 aromatic carbocycles. The van der Waals surface area contributed by atoms with E-state index in [1.54, 1.807) is 6.20 Å². The number of hydrogen-bond donors (Lipinski definition) is 1. The summed E-state index contributed by atoms with van der Waals surface area (Å²) >= 11 is 0. The average Bonchev–Trinajstić information content (AvgIpc) is 3.16. The molecule has 5 nitrogen and oxygen atoms in total. The van der Waals surface area contributed by atoms with Gasteiger partial charge in [0, 0.05) is 19.3 Å². The number of rotatable bonds is 6. The maximum Gasteiger partial charge on any atom is 0.227 e. The van der Waals surface area contributed by atoms with Gasteiger partial charge in [-0.2, -0.15) is 0 Å². The van der Waals surface area contributed by atoms with Crippen molar-refractivity contribution in [1.29, 1.82) is 0 Å². The van der Waals surface area contributed by atoms with Gasteiger partial charge in [-0.1, -0.05) is 37.3 Å². The van der Waals surface area contributed by atoms with E-state index in [1.807, 2.05) is 43.3 Å². The lowest BCUT2D eigenvalue weighted by Gasteiger charge is -2.17. The largest absolute Gasteiger partial charge is 0.350 e. The number of amides is 1. The molecule has 0 saturated carbocycles. The molecule has 1 aliphatic rings. The SMILES string of the molecule is CC[C@@H](C(=O)NCc1ccnc(N2CCCC2)n1)c1ccccc1. The summed E-state index contributed by atoms with van der Waals surface area (Å²) < 4.78 is 0. The van der Waals surface area contributed by atoms with Crippen LogP contribution in [0.2, 0.25) is 0 Å². The van der Waals surface area contributed by atoms with Gasteiger partial charge in [-0.3, -0.25) is 4.79 Å². The van der Waals surface area contributed by atoms with Gasteiger partial charge in [0.05, 0.1) is 18.2 Å². The first-order valence-corrected chi connectivity index (χ1v) is 8.67. The number of nitrogens with zero attached hydrogens (tertiary/aromatic N) is 3. The monoisotopic (exact) mass is 324 g/mol. The van der Waals surface area contributed by atoms with Crippen LogP contribution < -0.4 is 10.2 Å². The number of aromatic nitrogens is 2. The highest BCUT2D eigenvalue weighted by atomic mass is 16.1. The Bertz CT molecular complexity index is 668. The van der Waals surface area contributed by atoms with E-state index < -0.39 is 0 Å². The van der Waals surface area contributed by atoms with Crippen LogP contribution in [0.5, 0.6) is 0 Å². The molecule has 0 bridgehead atoms. The van der Waals surface area contributed by atoms with Gasteiger partial charge in [0.25, 0.3) is 0 Å². The summed E-state index contributed by atoms with van der Waals surface area (Å²) in [4.78, 5) is 23.7. The van der Waals surface area contributed by atoms with Gasteiger partial charge in [0.2, 0.25) is 11.9 Å². The van der Waals surface area contributed by atoms with E-state index in [4.69, 9.17) is 0 Å². The molecule has 0 spiro atoms. The summed E-state index contributed by atoms with van der Waals surface area (Å²) in [5.74, 6) is 0.700. The predicted molar refractivity (Wildman–Crippen MR) is 94.8 cm³/mol. The Morgan fingerprint density at radius 3 is 2.67 bits per heavy atom. The van der Waals surface area contributed by atoms with Crippen LogP contribution in [-0.2, 0) is 11.3 Å². The maximum atomic E-state index is 12.5. The summed E-state index contributed by atoms with van der Waals surface area (Å²) in [6.07, 6.45) is 4.94. The molecule has 1 saturated heterocycles. The van der Waals surface area contributed by atoms with Crippen LogP contribution in [-0.4, -0.2) is 29.0 Å². The van der Waals surface area contributed by atoms with Crippen LogP contribution in [0.1, 0.15) is 43.4 Å². The highest BCUT2D eigenvalue weighted by Crippen LogP contribution is 2.19. The maximum absolute atomic E-state index is 12.5. The van der Waals surface area contributed by atoms with E-state index in [0.29, 0.717) is 6.54 Å². The Kier molecular flexibility index (Phi) is 5.41. The van der Waals surface area contributed by atoms with Gasteiger partial charge in [-0.05, 0) is 30.9 Å². The van der Waals surface area contributed by atoms with Crippen LogP contribution in [0.15, 0.2) is 42.6 Å². The van der Waals surface area contributed by atoms with Crippen molar-refractivity contribution in [3.05, 3.63) is 53.9 Å². The molecule has 1 aliphatic heterocycles. The number of benzene rings is 1. The second-order valence-electron chi connectivity index (χ2n) is 6.13. The topological polar surface area (TPSA) is 58.1 Å². The molecule has 2 heterocycles. The Hall–Kier alpha value is -2.43. The van der Waals surface area contributed by atoms with Crippen molar-refractivity contribution in [3.8, 4) is 0 Å². The minimum Gasteiger partial charge on any atom is -0.350 e. The fraction of sp³-hybridized carbons (Fsp3) is 0.421. The van der Waals surface area contributed by atoms with Gasteiger partial charge in [0.15, 0.2) is 0 Å². The van der Waals surface area contributed by atoms with Crippen molar-refractivity contribution in [2.75, 3.05) is 18.0 Å². The third-order valence-corrected chi connectivity index (χ3v) is 4.46. The third kappa shape index (κ3) is 3.91. The fourth-order valence-corrected chi connectivity index (χ4v) is 3.11. The molecule has 1 aromatic heterocycles. The minimum atomic E-state index is -0.119. The van der Waals surface area contributed by atoms with Crippen LogP contribution in [0.4, 0.5) is 5.95 Å². The third-order valence-electron chi connectivity index (χ3n) is 4.46. The molecule has 5 heteroatoms. The molecule has 126 valence electrons. The molecule has 1 fully saturated rings. The van der Waals surface area contributed by atoms with Gasteiger partial charge in [-0.25, -0.2) is 9.97 Å². The second-order valence-corrected chi connectivity index (χ2v) is 6.13. The van der Waals surface area contributed by atoms with Crippen LogP contribution in [0.3, 0.4) is 0 Å². The molecule has 0 unspecified atom stereocenters. The van der Waals surface area contributed by atoms with Gasteiger partial charge < -0.3 is 10.2 Å². The zero-order valence-electron chi connectivity index (χ0n) is 14.1. The Labute approximate surface area is 143 Å². The lowest BCUT2D eigenvalue weighted by molar-refractivity contribution is -0.122. The van der Waals surface area contributed by atoms with Crippen molar-refractivity contribution < 1.29 is 4.79 Å². The average molecular weight is 324 g/mol. The van der Waals surface area contributed by atoms with Crippen LogP contribution >= 0.6 is 0 Å². The van der Waals surface area contributed by atoms with E-state index in [9.17, 15) is 4.79 Å². The van der Waals surface area contributed by atoms with Crippen molar-refractivity contribution in [2.24, 2.45) is 0 Å². The molecular formula is C19H24N4O. The predicted octanol–water partition coefficient (Wildman–Crippen LogP) is 2.89.